The van der Waals surface area contributed by atoms with Gasteiger partial charge < -0.3 is 20.5 Å². The monoisotopic (exact) mass is 344 g/mol. The summed E-state index contributed by atoms with van der Waals surface area (Å²) in [5.74, 6) is -1.29. The van der Waals surface area contributed by atoms with Crippen molar-refractivity contribution in [1.82, 2.24) is 9.78 Å². The first kappa shape index (κ1) is 16.5. The third-order valence-corrected chi connectivity index (χ3v) is 3.81. The SMILES string of the molecule is CC(C)(C(=O)O)n1cc(NC(=O)c2ccc3c(c2)OCC(=O)N3)cn1. The van der Waals surface area contributed by atoms with Gasteiger partial charge in [-0.3, -0.25) is 14.3 Å². The van der Waals surface area contributed by atoms with Gasteiger partial charge in [0.05, 0.1) is 17.6 Å². The number of rotatable bonds is 4. The maximum atomic E-state index is 12.3. The van der Waals surface area contributed by atoms with Crippen LogP contribution in [0.4, 0.5) is 11.4 Å². The molecule has 9 nitrogen and oxygen atoms in total. The molecular weight excluding hydrogens is 328 g/mol. The molecule has 25 heavy (non-hydrogen) atoms. The molecule has 130 valence electrons. The van der Waals surface area contributed by atoms with Crippen molar-refractivity contribution in [2.24, 2.45) is 0 Å². The number of carbonyl (C=O) groups excluding carboxylic acids is 2. The van der Waals surface area contributed by atoms with E-state index in [0.29, 0.717) is 22.7 Å². The third kappa shape index (κ3) is 3.16. The number of anilines is 2. The Labute approximate surface area is 142 Å². The molecule has 0 aliphatic carbocycles. The highest BCUT2D eigenvalue weighted by Gasteiger charge is 2.30. The molecule has 1 aliphatic heterocycles. The summed E-state index contributed by atoms with van der Waals surface area (Å²) < 4.78 is 6.54. The summed E-state index contributed by atoms with van der Waals surface area (Å²) in [6.07, 6.45) is 2.82. The van der Waals surface area contributed by atoms with Gasteiger partial charge in [-0.1, -0.05) is 0 Å². The van der Waals surface area contributed by atoms with Gasteiger partial charge in [0.25, 0.3) is 11.8 Å². The Morgan fingerprint density at radius 3 is 2.88 bits per heavy atom. The van der Waals surface area contributed by atoms with Crippen molar-refractivity contribution in [2.45, 2.75) is 19.4 Å². The highest BCUT2D eigenvalue weighted by Crippen LogP contribution is 2.29. The summed E-state index contributed by atoms with van der Waals surface area (Å²) in [4.78, 5) is 34.8. The quantitative estimate of drug-likeness (QED) is 0.768. The van der Waals surface area contributed by atoms with Crippen LogP contribution in [0, 0.1) is 0 Å². The van der Waals surface area contributed by atoms with Crippen LogP contribution in [0.15, 0.2) is 30.6 Å². The zero-order valence-electron chi connectivity index (χ0n) is 13.6. The summed E-state index contributed by atoms with van der Waals surface area (Å²) in [7, 11) is 0. The number of fused-ring (bicyclic) bond motifs is 1. The molecule has 1 aliphatic rings. The van der Waals surface area contributed by atoms with Crippen molar-refractivity contribution >= 4 is 29.2 Å². The zero-order valence-corrected chi connectivity index (χ0v) is 13.6. The van der Waals surface area contributed by atoms with E-state index in [9.17, 15) is 19.5 Å². The van der Waals surface area contributed by atoms with E-state index in [1.807, 2.05) is 0 Å². The van der Waals surface area contributed by atoms with Gasteiger partial charge in [-0.05, 0) is 32.0 Å². The predicted octanol–water partition coefficient (Wildman–Crippen LogP) is 1.29. The Morgan fingerprint density at radius 2 is 2.16 bits per heavy atom. The first-order valence-corrected chi connectivity index (χ1v) is 7.44. The standard InChI is InChI=1S/C16H16N4O5/c1-16(2,15(23)24)20-7-10(6-17-20)18-14(22)9-3-4-11-12(5-9)25-8-13(21)19-11/h3-7H,8H2,1-2H3,(H,18,22)(H,19,21)(H,23,24). The molecule has 0 atom stereocenters. The lowest BCUT2D eigenvalue weighted by molar-refractivity contribution is -0.146. The second kappa shape index (κ2) is 5.93. The zero-order chi connectivity index (χ0) is 18.2. The Hall–Kier alpha value is -3.36. The van der Waals surface area contributed by atoms with E-state index in [0.717, 1.165) is 0 Å². The van der Waals surface area contributed by atoms with E-state index in [2.05, 4.69) is 15.7 Å². The Bertz CT molecular complexity index is 871. The minimum absolute atomic E-state index is 0.102. The second-order valence-corrected chi connectivity index (χ2v) is 6.04. The van der Waals surface area contributed by atoms with Crippen LogP contribution >= 0.6 is 0 Å². The number of nitrogens with zero attached hydrogens (tertiary/aromatic N) is 2. The number of amides is 2. The fourth-order valence-electron chi connectivity index (χ4n) is 2.21. The van der Waals surface area contributed by atoms with E-state index >= 15 is 0 Å². The van der Waals surface area contributed by atoms with Crippen LogP contribution in [0.25, 0.3) is 0 Å². The van der Waals surface area contributed by atoms with Gasteiger partial charge in [0.1, 0.15) is 5.75 Å². The lowest BCUT2D eigenvalue weighted by atomic mass is 10.1. The van der Waals surface area contributed by atoms with E-state index in [4.69, 9.17) is 4.74 Å². The van der Waals surface area contributed by atoms with Gasteiger partial charge in [-0.25, -0.2) is 4.79 Å². The predicted molar refractivity (Wildman–Crippen MR) is 87.7 cm³/mol. The average Bonchev–Trinajstić information content (AvgIpc) is 3.03. The molecule has 0 saturated heterocycles. The van der Waals surface area contributed by atoms with Crippen LogP contribution in [0.5, 0.6) is 5.75 Å². The molecule has 3 rings (SSSR count). The average molecular weight is 344 g/mol. The number of carbonyl (C=O) groups is 3. The van der Waals surface area contributed by atoms with Crippen LogP contribution in [-0.2, 0) is 15.1 Å². The highest BCUT2D eigenvalue weighted by atomic mass is 16.5. The number of benzene rings is 1. The molecule has 0 bridgehead atoms. The van der Waals surface area contributed by atoms with Gasteiger partial charge in [-0.15, -0.1) is 0 Å². The van der Waals surface area contributed by atoms with E-state index in [-0.39, 0.29) is 12.5 Å². The molecule has 2 heterocycles. The minimum Gasteiger partial charge on any atom is -0.482 e. The Kier molecular flexibility index (Phi) is 3.91. The van der Waals surface area contributed by atoms with Crippen molar-refractivity contribution in [3.63, 3.8) is 0 Å². The first-order chi connectivity index (χ1) is 11.8. The van der Waals surface area contributed by atoms with Crippen LogP contribution in [0.2, 0.25) is 0 Å². The Balaban J connectivity index is 1.76. The fraction of sp³-hybridized carbons (Fsp3) is 0.250. The number of aromatic nitrogens is 2. The van der Waals surface area contributed by atoms with Gasteiger partial charge >= 0.3 is 5.97 Å². The van der Waals surface area contributed by atoms with Crippen LogP contribution < -0.4 is 15.4 Å². The number of aliphatic carboxylic acids is 1. The largest absolute Gasteiger partial charge is 0.482 e. The normalized spacial score (nSPS) is 13.4. The number of carboxylic acids is 1. The summed E-state index contributed by atoms with van der Waals surface area (Å²) in [5, 5.41) is 18.5. The number of hydrogen-bond acceptors (Lipinski definition) is 5. The van der Waals surface area contributed by atoms with E-state index < -0.39 is 17.4 Å². The first-order valence-electron chi connectivity index (χ1n) is 7.44. The van der Waals surface area contributed by atoms with Crippen LogP contribution in [0.1, 0.15) is 24.2 Å². The molecule has 1 aromatic carbocycles. The lowest BCUT2D eigenvalue weighted by Gasteiger charge is -2.19. The van der Waals surface area contributed by atoms with Crippen LogP contribution in [-0.4, -0.2) is 39.3 Å². The summed E-state index contributed by atoms with van der Waals surface area (Å²) in [6, 6.07) is 4.66. The molecule has 0 radical (unpaired) electrons. The summed E-state index contributed by atoms with van der Waals surface area (Å²) in [5.41, 5.74) is -0.0313. The molecule has 1 aromatic heterocycles. The summed E-state index contributed by atoms with van der Waals surface area (Å²) >= 11 is 0. The fourth-order valence-corrected chi connectivity index (χ4v) is 2.21. The summed E-state index contributed by atoms with van der Waals surface area (Å²) in [6.45, 7) is 2.90. The second-order valence-electron chi connectivity index (χ2n) is 6.04. The lowest BCUT2D eigenvalue weighted by Crippen LogP contribution is -2.35. The molecule has 0 saturated carbocycles. The van der Waals surface area contributed by atoms with E-state index in [1.165, 1.54) is 37.0 Å². The van der Waals surface area contributed by atoms with Crippen LogP contribution in [0.3, 0.4) is 0 Å². The molecule has 3 N–H and O–H groups in total. The van der Waals surface area contributed by atoms with Gasteiger partial charge in [-0.2, -0.15) is 5.10 Å². The van der Waals surface area contributed by atoms with Crippen molar-refractivity contribution in [3.05, 3.63) is 36.2 Å². The maximum Gasteiger partial charge on any atom is 0.331 e. The number of ether oxygens (including phenoxy) is 1. The molecule has 2 aromatic rings. The molecule has 2 amide bonds. The number of hydrogen-bond donors (Lipinski definition) is 3. The van der Waals surface area contributed by atoms with Gasteiger partial charge in [0.15, 0.2) is 12.1 Å². The maximum absolute atomic E-state index is 12.3. The van der Waals surface area contributed by atoms with Gasteiger partial charge in [0.2, 0.25) is 0 Å². The van der Waals surface area contributed by atoms with Crippen molar-refractivity contribution in [3.8, 4) is 5.75 Å². The molecule has 0 spiro atoms. The van der Waals surface area contributed by atoms with E-state index in [1.54, 1.807) is 12.1 Å². The van der Waals surface area contributed by atoms with Gasteiger partial charge in [0, 0.05) is 11.8 Å². The molecule has 0 unspecified atom stereocenters. The Morgan fingerprint density at radius 1 is 1.40 bits per heavy atom. The topological polar surface area (TPSA) is 123 Å². The van der Waals surface area contributed by atoms with Crippen molar-refractivity contribution < 1.29 is 24.2 Å². The third-order valence-electron chi connectivity index (χ3n) is 3.81. The van der Waals surface area contributed by atoms with Crippen molar-refractivity contribution in [1.29, 1.82) is 0 Å². The smallest absolute Gasteiger partial charge is 0.331 e. The highest BCUT2D eigenvalue weighted by molar-refractivity contribution is 6.05. The number of nitrogens with one attached hydrogen (secondary N) is 2. The molecular formula is C16H16N4O5. The van der Waals surface area contributed by atoms with Crippen molar-refractivity contribution in [2.75, 3.05) is 17.2 Å². The molecule has 9 heteroatoms. The minimum atomic E-state index is -1.24. The molecule has 0 fully saturated rings. The number of carboxylic acid groups (broad SMARTS) is 1.